The summed E-state index contributed by atoms with van der Waals surface area (Å²) in [5, 5.41) is 30.1. The van der Waals surface area contributed by atoms with E-state index in [1.165, 1.54) is 26.0 Å². The molecule has 3 aliphatic carbocycles. The van der Waals surface area contributed by atoms with E-state index in [9.17, 15) is 29.4 Å². The maximum absolute atomic E-state index is 16.5. The van der Waals surface area contributed by atoms with Crippen LogP contribution < -0.4 is 14.8 Å². The number of benzene rings is 9. The van der Waals surface area contributed by atoms with Crippen molar-refractivity contribution in [2.75, 3.05) is 26.2 Å². The number of ether oxygens (including phenoxy) is 8. The Balaban J connectivity index is 0.000000391. The maximum atomic E-state index is 16.5. The van der Waals surface area contributed by atoms with Crippen LogP contribution in [0.25, 0.3) is 0 Å². The van der Waals surface area contributed by atoms with Crippen molar-refractivity contribution in [2.24, 2.45) is 16.7 Å². The molecule has 0 spiro atoms. The van der Waals surface area contributed by atoms with Crippen LogP contribution in [-0.2, 0) is 58.1 Å². The highest BCUT2D eigenvalue weighted by Gasteiger charge is 2.78. The molecule has 560 valence electrons. The molecule has 9 aromatic carbocycles. The van der Waals surface area contributed by atoms with Gasteiger partial charge in [0.1, 0.15) is 45.9 Å². The summed E-state index contributed by atoms with van der Waals surface area (Å²) in [6.45, 7) is 8.18. The third kappa shape index (κ3) is 15.3. The van der Waals surface area contributed by atoms with Gasteiger partial charge >= 0.3 is 23.9 Å². The highest BCUT2D eigenvalue weighted by molar-refractivity contribution is 6.40. The van der Waals surface area contributed by atoms with Gasteiger partial charge in [-0.2, -0.15) is 0 Å². The highest BCUT2D eigenvalue weighted by atomic mass is 35.5. The monoisotopic (exact) mass is 1520 g/mol. The molecule has 3 unspecified atom stereocenters. The van der Waals surface area contributed by atoms with Gasteiger partial charge in [0.2, 0.25) is 0 Å². The molecule has 13 rings (SSSR count). The highest BCUT2D eigenvalue weighted by Crippen LogP contribution is 2.65. The van der Waals surface area contributed by atoms with Gasteiger partial charge in [-0.1, -0.05) is 226 Å². The number of halogens is 3. The number of alkyl halides is 3. The summed E-state index contributed by atoms with van der Waals surface area (Å²) in [4.78, 5) is 88.3. The zero-order chi connectivity index (χ0) is 77.2. The molecule has 20 heteroatoms. The number of Topliss-reactive ketones (excluding diaryl/α,β-unsaturated/α-hetero) is 1. The van der Waals surface area contributed by atoms with E-state index in [2.05, 4.69) is 29.6 Å². The average Bonchev–Trinajstić information content (AvgIpc) is 0.668. The first-order valence-corrected chi connectivity index (χ1v) is 36.8. The number of aliphatic hydroxyl groups excluding tert-OH is 1. The lowest BCUT2D eigenvalue weighted by Crippen LogP contribution is -2.82. The van der Waals surface area contributed by atoms with E-state index >= 15 is 9.59 Å². The van der Waals surface area contributed by atoms with Crippen LogP contribution in [0.3, 0.4) is 0 Å². The van der Waals surface area contributed by atoms with Crippen molar-refractivity contribution in [3.8, 4) is 11.5 Å². The molecule has 0 aromatic heterocycles. The van der Waals surface area contributed by atoms with Crippen molar-refractivity contribution in [2.45, 2.75) is 119 Å². The van der Waals surface area contributed by atoms with E-state index in [0.29, 0.717) is 28.0 Å². The molecule has 1 heterocycles. The van der Waals surface area contributed by atoms with Crippen molar-refractivity contribution in [3.63, 3.8) is 0 Å². The standard InChI is InChI=1S/C67H67NO15.C20H17ClO.CH2Cl2/c1-40-50(38-66(76)59(81-61(74)45-27-17-10-18-28-45)57-64(6,51(71)37-52-65(57,39-78-52)82-42(3)70)58(72)55(79-41(2)69)53(40)63(66,4)5)80-62(75)56(54(43-23-13-8-14-24-43)68-60(73)44-25-15-9-16-26-44)83-67(46-29-19-11-20-30-46,47-31-21-12-22-32-47)48-33-35-49(77-7)36-34-48;1-22-19-14-12-18(13-15-19)20(21,16-8-4-2-5-9-16)17-10-6-3-7-11-17;2-1-3/h8-36,50-52,54-57,59,71,76H,37-39H2,1-7H3,(H,68,73);2-15H,1H3;1H2/t50?,51-,52?,54-,55+,56+,57?,59-,64+,65+,66+;;/m0../s1. The second kappa shape index (κ2) is 33.7. The van der Waals surface area contributed by atoms with Crippen LogP contribution in [-0.4, -0.2) is 120 Å². The molecule has 1 amide bonds. The number of hydrogen-bond acceptors (Lipinski definition) is 16. The van der Waals surface area contributed by atoms with Crippen LogP contribution >= 0.6 is 34.8 Å². The van der Waals surface area contributed by atoms with Gasteiger partial charge in [-0.05, 0) is 112 Å². The molecule has 2 saturated carbocycles. The molecule has 9 aromatic rings. The molecule has 1 aliphatic heterocycles. The third-order valence-corrected chi connectivity index (χ3v) is 22.1. The fourth-order valence-electron chi connectivity index (χ4n) is 16.0. The number of hydrogen-bond donors (Lipinski definition) is 3. The third-order valence-electron chi connectivity index (χ3n) is 21.4. The molecule has 108 heavy (non-hydrogen) atoms. The fourth-order valence-corrected chi connectivity index (χ4v) is 16.4. The number of rotatable bonds is 20. The number of carbonyl (C=O) groups is 6. The summed E-state index contributed by atoms with van der Waals surface area (Å²) in [5.74, 6) is -5.34. The van der Waals surface area contributed by atoms with Gasteiger partial charge in [-0.15, -0.1) is 34.8 Å². The van der Waals surface area contributed by atoms with Gasteiger partial charge in [0.05, 0.1) is 55.2 Å². The molecule has 2 bridgehead atoms. The Labute approximate surface area is 644 Å². The van der Waals surface area contributed by atoms with E-state index in [0.717, 1.165) is 29.4 Å². The Hall–Kier alpha value is -9.95. The molecule has 3 N–H and O–H groups in total. The number of carbonyl (C=O) groups excluding carboxylic acids is 6. The quantitative estimate of drug-likeness (QED) is 0.0212. The molecule has 11 atom stereocenters. The van der Waals surface area contributed by atoms with Gasteiger partial charge in [0, 0.05) is 37.7 Å². The van der Waals surface area contributed by atoms with Crippen LogP contribution in [0, 0.1) is 16.7 Å². The van der Waals surface area contributed by atoms with Crippen molar-refractivity contribution < 1.29 is 76.9 Å². The number of fused-ring (bicyclic) bond motifs is 5. The van der Waals surface area contributed by atoms with Gasteiger partial charge < -0.3 is 53.4 Å². The van der Waals surface area contributed by atoms with E-state index in [4.69, 9.17) is 72.7 Å². The van der Waals surface area contributed by atoms with E-state index in [1.807, 2.05) is 133 Å². The molecule has 0 radical (unpaired) electrons. The fraction of sp³-hybridized carbons (Fsp3) is 0.295. The predicted molar refractivity (Wildman–Crippen MR) is 411 cm³/mol. The van der Waals surface area contributed by atoms with E-state index in [-0.39, 0.29) is 40.6 Å². The maximum Gasteiger partial charge on any atom is 0.338 e. The lowest BCUT2D eigenvalue weighted by Gasteiger charge is -2.67. The Bertz CT molecular complexity index is 4540. The Morgan fingerprint density at radius 2 is 1.01 bits per heavy atom. The van der Waals surface area contributed by atoms with Crippen molar-refractivity contribution in [1.82, 2.24) is 5.32 Å². The lowest BCUT2D eigenvalue weighted by molar-refractivity contribution is -0.346. The van der Waals surface area contributed by atoms with Crippen LogP contribution in [0.1, 0.15) is 120 Å². The number of aliphatic hydroxyl groups is 2. The summed E-state index contributed by atoms with van der Waals surface area (Å²) in [6.07, 6.45) is -10.6. The van der Waals surface area contributed by atoms with Crippen molar-refractivity contribution in [3.05, 3.63) is 322 Å². The molecular weight excluding hydrogens is 1430 g/mol. The Morgan fingerprint density at radius 1 is 0.583 bits per heavy atom. The van der Waals surface area contributed by atoms with Crippen LogP contribution in [0.4, 0.5) is 0 Å². The summed E-state index contributed by atoms with van der Waals surface area (Å²) in [6, 6.07) is 77.7. The zero-order valence-corrected chi connectivity index (χ0v) is 63.3. The van der Waals surface area contributed by atoms with Crippen LogP contribution in [0.15, 0.2) is 272 Å². The largest absolute Gasteiger partial charge is 0.497 e. The Kier molecular flexibility index (Phi) is 24.7. The first-order chi connectivity index (χ1) is 51.9. The smallest absolute Gasteiger partial charge is 0.338 e. The number of amides is 1. The lowest BCUT2D eigenvalue weighted by atomic mass is 9.44. The van der Waals surface area contributed by atoms with Crippen LogP contribution in [0.5, 0.6) is 11.5 Å². The summed E-state index contributed by atoms with van der Waals surface area (Å²) in [5.41, 5.74) is -4.04. The Morgan fingerprint density at radius 3 is 1.45 bits per heavy atom. The minimum Gasteiger partial charge on any atom is -0.497 e. The van der Waals surface area contributed by atoms with Crippen molar-refractivity contribution in [1.29, 1.82) is 0 Å². The summed E-state index contributed by atoms with van der Waals surface area (Å²) >= 11 is 16.7. The van der Waals surface area contributed by atoms with Gasteiger partial charge in [-0.25, -0.2) is 9.59 Å². The number of nitrogens with one attached hydrogen (secondary N) is 1. The molecule has 1 saturated heterocycles. The second-order valence-corrected chi connectivity index (χ2v) is 29.2. The average molecular weight is 1520 g/mol. The van der Waals surface area contributed by atoms with E-state index in [1.54, 1.807) is 126 Å². The first kappa shape index (κ1) is 79.1. The second-order valence-electron chi connectivity index (χ2n) is 27.8. The first-order valence-electron chi connectivity index (χ1n) is 35.4. The minimum absolute atomic E-state index is 0.000938. The van der Waals surface area contributed by atoms with Crippen LogP contribution in [0.2, 0.25) is 0 Å². The van der Waals surface area contributed by atoms with Gasteiger partial charge in [0.25, 0.3) is 5.91 Å². The zero-order valence-electron chi connectivity index (χ0n) is 61.0. The normalized spacial score (nSPS) is 23.1. The molecular formula is C88H86Cl3NO16. The van der Waals surface area contributed by atoms with Gasteiger partial charge in [-0.3, -0.25) is 19.2 Å². The molecule has 17 nitrogen and oxygen atoms in total. The number of esters is 4. The molecule has 3 fully saturated rings. The number of methoxy groups -OCH3 is 2. The van der Waals surface area contributed by atoms with Gasteiger partial charge in [0.15, 0.2) is 23.6 Å². The van der Waals surface area contributed by atoms with E-state index < -0.39 is 123 Å². The number of ketones is 1. The van der Waals surface area contributed by atoms with Crippen molar-refractivity contribution >= 4 is 70.4 Å². The summed E-state index contributed by atoms with van der Waals surface area (Å²) in [7, 11) is 3.21. The minimum atomic E-state index is -2.47. The SMILES string of the molecule is COc1ccc(C(Cl)(c2ccccc2)c2ccccc2)cc1.COc1ccc(C(O[C@@H](C(=O)OC2C[C@@]3(O)[C@@H](OC(=O)c4ccccc4)C4[C@@]5(OC(C)=O)COC5C[C@H](O)[C@@]4(C)C(=O)[C@H](OC(C)=O)C(=C2C)C3(C)C)[C@@H](NC(=O)c2ccccc2)c2ccccc2)(c2ccccc2)c2ccccc2)cc1.ClCCl. The molecule has 4 aliphatic rings. The topological polar surface area (TPSA) is 229 Å². The summed E-state index contributed by atoms with van der Waals surface area (Å²) < 4.78 is 50.4. The predicted octanol–water partition coefficient (Wildman–Crippen LogP) is 15.4.